The number of nitrogens with one attached hydrogen (secondary N) is 1. The highest BCUT2D eigenvalue weighted by Gasteiger charge is 2.30. The van der Waals surface area contributed by atoms with E-state index in [0.717, 1.165) is 36.5 Å². The lowest BCUT2D eigenvalue weighted by Gasteiger charge is -2.20. The Morgan fingerprint density at radius 2 is 1.80 bits per heavy atom. The maximum Gasteiger partial charge on any atom is 0.416 e. The number of alkyl halides is 3. The van der Waals surface area contributed by atoms with Gasteiger partial charge in [-0.25, -0.2) is 0 Å². The van der Waals surface area contributed by atoms with Gasteiger partial charge in [-0.3, -0.25) is 4.79 Å². The summed E-state index contributed by atoms with van der Waals surface area (Å²) in [5.74, 6) is 2.43. The standard InChI is InChI=1S/C14H16F3NOS/c15-14(16,17)11-1-3-12(4-2-11)18-13(19)9-10-5-7-20-8-6-10/h1-4,10H,5-9H2,(H,18,19). The van der Waals surface area contributed by atoms with E-state index in [9.17, 15) is 18.0 Å². The van der Waals surface area contributed by atoms with Crippen molar-refractivity contribution in [1.29, 1.82) is 0 Å². The van der Waals surface area contributed by atoms with Gasteiger partial charge in [-0.15, -0.1) is 0 Å². The zero-order valence-electron chi connectivity index (χ0n) is 10.9. The molecule has 1 amide bonds. The van der Waals surface area contributed by atoms with Crippen molar-refractivity contribution in [1.82, 2.24) is 0 Å². The predicted molar refractivity (Wildman–Crippen MR) is 74.7 cm³/mol. The molecule has 0 aromatic heterocycles. The first-order chi connectivity index (χ1) is 9.45. The van der Waals surface area contributed by atoms with Crippen LogP contribution in [0.15, 0.2) is 24.3 Å². The van der Waals surface area contributed by atoms with Crippen LogP contribution in [0.1, 0.15) is 24.8 Å². The van der Waals surface area contributed by atoms with Crippen molar-refractivity contribution in [2.24, 2.45) is 5.92 Å². The average Bonchev–Trinajstić information content (AvgIpc) is 2.39. The summed E-state index contributed by atoms with van der Waals surface area (Å²) in [6, 6.07) is 4.54. The topological polar surface area (TPSA) is 29.1 Å². The summed E-state index contributed by atoms with van der Waals surface area (Å²) in [6.07, 6.45) is -1.83. The van der Waals surface area contributed by atoms with Crippen molar-refractivity contribution in [2.75, 3.05) is 16.8 Å². The van der Waals surface area contributed by atoms with Crippen molar-refractivity contribution in [3.8, 4) is 0 Å². The highest BCUT2D eigenvalue weighted by molar-refractivity contribution is 7.99. The van der Waals surface area contributed by atoms with E-state index in [2.05, 4.69) is 5.32 Å². The van der Waals surface area contributed by atoms with Crippen LogP contribution in [0.2, 0.25) is 0 Å². The highest BCUT2D eigenvalue weighted by atomic mass is 32.2. The number of halogens is 3. The summed E-state index contributed by atoms with van der Waals surface area (Å²) >= 11 is 1.90. The van der Waals surface area contributed by atoms with Crippen molar-refractivity contribution >= 4 is 23.4 Å². The molecule has 1 aromatic rings. The Bertz CT molecular complexity index is 452. The third kappa shape index (κ3) is 4.44. The molecular weight excluding hydrogens is 287 g/mol. The molecule has 0 bridgehead atoms. The minimum Gasteiger partial charge on any atom is -0.326 e. The number of benzene rings is 1. The van der Waals surface area contributed by atoms with Crippen LogP contribution in [0.5, 0.6) is 0 Å². The zero-order valence-corrected chi connectivity index (χ0v) is 11.7. The monoisotopic (exact) mass is 303 g/mol. The first-order valence-electron chi connectivity index (χ1n) is 6.50. The smallest absolute Gasteiger partial charge is 0.326 e. The Balaban J connectivity index is 1.87. The van der Waals surface area contributed by atoms with Crippen LogP contribution in [0.3, 0.4) is 0 Å². The van der Waals surface area contributed by atoms with Gasteiger partial charge < -0.3 is 5.32 Å². The third-order valence-electron chi connectivity index (χ3n) is 3.31. The first kappa shape index (κ1) is 15.2. The number of anilines is 1. The van der Waals surface area contributed by atoms with E-state index in [1.165, 1.54) is 12.1 Å². The number of thioether (sulfide) groups is 1. The second-order valence-electron chi connectivity index (χ2n) is 4.88. The summed E-state index contributed by atoms with van der Waals surface area (Å²) in [5, 5.41) is 2.65. The molecule has 1 fully saturated rings. The molecule has 0 aliphatic carbocycles. The Labute approximate surface area is 120 Å². The van der Waals surface area contributed by atoms with E-state index in [-0.39, 0.29) is 5.91 Å². The van der Waals surface area contributed by atoms with Crippen LogP contribution in [-0.4, -0.2) is 17.4 Å². The van der Waals surface area contributed by atoms with Gasteiger partial charge in [0.2, 0.25) is 5.91 Å². The number of rotatable bonds is 3. The number of carbonyl (C=O) groups is 1. The Morgan fingerprint density at radius 3 is 2.35 bits per heavy atom. The van der Waals surface area contributed by atoms with Gasteiger partial charge in [0.15, 0.2) is 0 Å². The molecule has 0 saturated carbocycles. The minimum absolute atomic E-state index is 0.123. The average molecular weight is 303 g/mol. The maximum absolute atomic E-state index is 12.4. The molecule has 1 heterocycles. The van der Waals surface area contributed by atoms with Crippen molar-refractivity contribution < 1.29 is 18.0 Å². The van der Waals surface area contributed by atoms with Crippen LogP contribution in [-0.2, 0) is 11.0 Å². The largest absolute Gasteiger partial charge is 0.416 e. The molecule has 1 aliphatic rings. The summed E-state index contributed by atoms with van der Waals surface area (Å²) in [5.41, 5.74) is -0.298. The molecule has 0 atom stereocenters. The molecule has 2 nitrogen and oxygen atoms in total. The van der Waals surface area contributed by atoms with Crippen LogP contribution >= 0.6 is 11.8 Å². The van der Waals surface area contributed by atoms with Gasteiger partial charge >= 0.3 is 6.18 Å². The SMILES string of the molecule is O=C(CC1CCSCC1)Nc1ccc(C(F)(F)F)cc1. The number of hydrogen-bond acceptors (Lipinski definition) is 2. The molecule has 0 unspecified atom stereocenters. The number of carbonyl (C=O) groups excluding carboxylic acids is 1. The van der Waals surface area contributed by atoms with E-state index >= 15 is 0 Å². The fourth-order valence-electron chi connectivity index (χ4n) is 2.17. The van der Waals surface area contributed by atoms with Gasteiger partial charge in [0.1, 0.15) is 0 Å². The fraction of sp³-hybridized carbons (Fsp3) is 0.500. The molecule has 20 heavy (non-hydrogen) atoms. The second-order valence-corrected chi connectivity index (χ2v) is 6.11. The Hall–Kier alpha value is -1.17. The Morgan fingerprint density at radius 1 is 1.20 bits per heavy atom. The normalized spacial score (nSPS) is 16.9. The highest BCUT2D eigenvalue weighted by Crippen LogP contribution is 2.30. The van der Waals surface area contributed by atoms with Crippen LogP contribution < -0.4 is 5.32 Å². The van der Waals surface area contributed by atoms with Crippen LogP contribution in [0.25, 0.3) is 0 Å². The molecule has 1 aromatic carbocycles. The number of amides is 1. The summed E-state index contributed by atoms with van der Waals surface area (Å²) < 4.78 is 37.2. The summed E-state index contributed by atoms with van der Waals surface area (Å²) in [6.45, 7) is 0. The molecule has 2 rings (SSSR count). The lowest BCUT2D eigenvalue weighted by molar-refractivity contribution is -0.137. The Kier molecular flexibility index (Phi) is 4.96. The predicted octanol–water partition coefficient (Wildman–Crippen LogP) is 4.18. The van der Waals surface area contributed by atoms with E-state index in [4.69, 9.17) is 0 Å². The molecule has 1 N–H and O–H groups in total. The van der Waals surface area contributed by atoms with E-state index in [0.29, 0.717) is 18.0 Å². The maximum atomic E-state index is 12.4. The van der Waals surface area contributed by atoms with Gasteiger partial charge in [0.05, 0.1) is 5.56 Å². The molecule has 1 saturated heterocycles. The summed E-state index contributed by atoms with van der Waals surface area (Å²) in [7, 11) is 0. The van der Waals surface area contributed by atoms with Gasteiger partial charge in [-0.1, -0.05) is 0 Å². The lowest BCUT2D eigenvalue weighted by Crippen LogP contribution is -2.19. The second kappa shape index (κ2) is 6.52. The first-order valence-corrected chi connectivity index (χ1v) is 7.65. The van der Waals surface area contributed by atoms with Gasteiger partial charge in [0, 0.05) is 12.1 Å². The third-order valence-corrected chi connectivity index (χ3v) is 4.36. The fourth-order valence-corrected chi connectivity index (χ4v) is 3.37. The minimum atomic E-state index is -4.34. The molecule has 0 spiro atoms. The van der Waals surface area contributed by atoms with E-state index < -0.39 is 11.7 Å². The molecule has 6 heteroatoms. The van der Waals surface area contributed by atoms with Crippen molar-refractivity contribution in [3.63, 3.8) is 0 Å². The van der Waals surface area contributed by atoms with Crippen LogP contribution in [0, 0.1) is 5.92 Å². The van der Waals surface area contributed by atoms with Gasteiger partial charge in [0.25, 0.3) is 0 Å². The van der Waals surface area contributed by atoms with E-state index in [1.54, 1.807) is 0 Å². The van der Waals surface area contributed by atoms with Gasteiger partial charge in [-0.05, 0) is 54.5 Å². The molecule has 1 aliphatic heterocycles. The van der Waals surface area contributed by atoms with Crippen LogP contribution in [0.4, 0.5) is 18.9 Å². The van der Waals surface area contributed by atoms with Crippen molar-refractivity contribution in [3.05, 3.63) is 29.8 Å². The molecule has 0 radical (unpaired) electrons. The van der Waals surface area contributed by atoms with Crippen molar-refractivity contribution in [2.45, 2.75) is 25.4 Å². The lowest BCUT2D eigenvalue weighted by atomic mass is 9.98. The molecule has 110 valence electrons. The molecular formula is C14H16F3NOS. The van der Waals surface area contributed by atoms with Gasteiger partial charge in [-0.2, -0.15) is 24.9 Å². The quantitative estimate of drug-likeness (QED) is 0.907. The zero-order chi connectivity index (χ0) is 14.6. The number of hydrogen-bond donors (Lipinski definition) is 1. The van der Waals surface area contributed by atoms with E-state index in [1.807, 2.05) is 11.8 Å². The summed E-state index contributed by atoms with van der Waals surface area (Å²) in [4.78, 5) is 11.8.